The normalized spacial score (nSPS) is 17.7. The molecule has 1 unspecified atom stereocenters. The van der Waals surface area contributed by atoms with E-state index in [1.807, 2.05) is 13.8 Å². The topological polar surface area (TPSA) is 84.6 Å². The molecule has 1 aliphatic rings. The number of hydrogen-bond donors (Lipinski definition) is 2. The largest absolute Gasteiger partial charge is 0.371 e. The molecule has 7 heteroatoms. The van der Waals surface area contributed by atoms with Crippen molar-refractivity contribution in [3.05, 3.63) is 11.7 Å². The van der Waals surface area contributed by atoms with Crippen LogP contribution in [0.4, 0.5) is 0 Å². The highest BCUT2D eigenvalue weighted by Gasteiger charge is 2.16. The zero-order valence-corrected chi connectivity index (χ0v) is 13.8. The summed E-state index contributed by atoms with van der Waals surface area (Å²) in [5.41, 5.74) is 0. The molecule has 124 valence electrons. The molecule has 0 bridgehead atoms. The monoisotopic (exact) mass is 309 g/mol. The number of aromatic nitrogens is 2. The number of hydrogen-bond acceptors (Lipinski definition) is 5. The van der Waals surface area contributed by atoms with E-state index < -0.39 is 0 Å². The summed E-state index contributed by atoms with van der Waals surface area (Å²) in [6.07, 6.45) is 4.84. The average Bonchev–Trinajstić information content (AvgIpc) is 3.17. The summed E-state index contributed by atoms with van der Waals surface area (Å²) >= 11 is 0. The maximum atomic E-state index is 5.45. The van der Waals surface area contributed by atoms with Gasteiger partial charge in [-0.25, -0.2) is 4.99 Å². The Morgan fingerprint density at radius 2 is 2.18 bits per heavy atom. The van der Waals surface area contributed by atoms with Crippen LogP contribution >= 0.6 is 0 Å². The second-order valence-electron chi connectivity index (χ2n) is 5.46. The Hall–Kier alpha value is -1.63. The van der Waals surface area contributed by atoms with Gasteiger partial charge in [0.05, 0.1) is 0 Å². The maximum Gasteiger partial charge on any atom is 0.248 e. The van der Waals surface area contributed by atoms with Crippen molar-refractivity contribution in [1.29, 1.82) is 0 Å². The standard InChI is InChI=1S/C15H27N5O2/c1-4-16-15(18-12-8-6-7-9-12)17-10-13-19-14(20-22-13)11(3)21-5-2/h11-12H,4-10H2,1-3H3,(H2,16,17,18). The number of aliphatic imine (C=N–C) groups is 1. The van der Waals surface area contributed by atoms with Crippen LogP contribution in [0.25, 0.3) is 0 Å². The molecule has 1 fully saturated rings. The summed E-state index contributed by atoms with van der Waals surface area (Å²) in [6, 6.07) is 0.522. The summed E-state index contributed by atoms with van der Waals surface area (Å²) < 4.78 is 10.7. The minimum absolute atomic E-state index is 0.156. The molecule has 22 heavy (non-hydrogen) atoms. The van der Waals surface area contributed by atoms with Gasteiger partial charge in [-0.3, -0.25) is 0 Å². The molecule has 0 aromatic carbocycles. The Bertz CT molecular complexity index is 468. The molecule has 2 rings (SSSR count). The van der Waals surface area contributed by atoms with Crippen LogP contribution in [-0.2, 0) is 11.3 Å². The van der Waals surface area contributed by atoms with E-state index in [0.29, 0.717) is 30.9 Å². The molecule has 0 aliphatic heterocycles. The predicted molar refractivity (Wildman–Crippen MR) is 84.5 cm³/mol. The second kappa shape index (κ2) is 8.73. The van der Waals surface area contributed by atoms with E-state index in [0.717, 1.165) is 12.5 Å². The van der Waals surface area contributed by atoms with Crippen molar-refractivity contribution >= 4 is 5.96 Å². The number of nitrogens with one attached hydrogen (secondary N) is 2. The van der Waals surface area contributed by atoms with Gasteiger partial charge in [-0.1, -0.05) is 18.0 Å². The van der Waals surface area contributed by atoms with Crippen LogP contribution < -0.4 is 10.6 Å². The van der Waals surface area contributed by atoms with Gasteiger partial charge in [-0.05, 0) is 33.6 Å². The molecule has 1 saturated carbocycles. The lowest BCUT2D eigenvalue weighted by Crippen LogP contribution is -2.42. The first-order valence-corrected chi connectivity index (χ1v) is 8.21. The van der Waals surface area contributed by atoms with Crippen LogP contribution in [0, 0.1) is 0 Å². The van der Waals surface area contributed by atoms with Crippen LogP contribution in [-0.4, -0.2) is 35.3 Å². The second-order valence-corrected chi connectivity index (χ2v) is 5.46. The molecular formula is C15H27N5O2. The number of nitrogens with zero attached hydrogens (tertiary/aromatic N) is 3. The smallest absolute Gasteiger partial charge is 0.248 e. The van der Waals surface area contributed by atoms with E-state index in [1.165, 1.54) is 25.7 Å². The van der Waals surface area contributed by atoms with E-state index in [1.54, 1.807) is 0 Å². The fourth-order valence-electron chi connectivity index (χ4n) is 2.55. The van der Waals surface area contributed by atoms with Gasteiger partial charge < -0.3 is 19.9 Å². The minimum atomic E-state index is -0.156. The zero-order chi connectivity index (χ0) is 15.8. The van der Waals surface area contributed by atoms with Crippen molar-refractivity contribution in [1.82, 2.24) is 20.8 Å². The van der Waals surface area contributed by atoms with E-state index >= 15 is 0 Å². The van der Waals surface area contributed by atoms with Crippen molar-refractivity contribution in [2.24, 2.45) is 4.99 Å². The summed E-state index contributed by atoms with van der Waals surface area (Å²) in [5.74, 6) is 1.89. The maximum absolute atomic E-state index is 5.45. The molecule has 0 amide bonds. The van der Waals surface area contributed by atoms with Gasteiger partial charge in [-0.2, -0.15) is 4.98 Å². The quantitative estimate of drug-likeness (QED) is 0.593. The Morgan fingerprint density at radius 3 is 2.86 bits per heavy atom. The summed E-state index contributed by atoms with van der Waals surface area (Å²) in [7, 11) is 0. The van der Waals surface area contributed by atoms with Crippen molar-refractivity contribution in [2.75, 3.05) is 13.2 Å². The lowest BCUT2D eigenvalue weighted by Gasteiger charge is -2.16. The summed E-state index contributed by atoms with van der Waals surface area (Å²) in [6.45, 7) is 7.73. The molecule has 2 N–H and O–H groups in total. The lowest BCUT2D eigenvalue weighted by molar-refractivity contribution is 0.0683. The van der Waals surface area contributed by atoms with Gasteiger partial charge in [0.15, 0.2) is 11.8 Å². The lowest BCUT2D eigenvalue weighted by atomic mass is 10.2. The Balaban J connectivity index is 1.91. The minimum Gasteiger partial charge on any atom is -0.371 e. The SMILES string of the molecule is CCNC(=NCc1nc(C(C)OCC)no1)NC1CCCC1. The van der Waals surface area contributed by atoms with Crippen LogP contribution in [0.5, 0.6) is 0 Å². The zero-order valence-electron chi connectivity index (χ0n) is 13.8. The molecule has 0 saturated heterocycles. The van der Waals surface area contributed by atoms with Gasteiger partial charge >= 0.3 is 0 Å². The van der Waals surface area contributed by atoms with Crippen LogP contribution in [0.2, 0.25) is 0 Å². The molecular weight excluding hydrogens is 282 g/mol. The van der Waals surface area contributed by atoms with Gasteiger partial charge in [0.1, 0.15) is 12.6 Å². The first kappa shape index (κ1) is 16.7. The molecule has 1 aliphatic carbocycles. The summed E-state index contributed by atoms with van der Waals surface area (Å²) in [4.78, 5) is 8.85. The average molecular weight is 309 g/mol. The highest BCUT2D eigenvalue weighted by Crippen LogP contribution is 2.17. The Morgan fingerprint density at radius 1 is 1.41 bits per heavy atom. The number of ether oxygens (including phenoxy) is 1. The van der Waals surface area contributed by atoms with Crippen LogP contribution in [0.1, 0.15) is 64.3 Å². The first-order valence-electron chi connectivity index (χ1n) is 8.21. The first-order chi connectivity index (χ1) is 10.7. The molecule has 1 heterocycles. The molecule has 7 nitrogen and oxygen atoms in total. The van der Waals surface area contributed by atoms with Crippen molar-refractivity contribution in [3.8, 4) is 0 Å². The Labute approximate surface area is 131 Å². The highest BCUT2D eigenvalue weighted by molar-refractivity contribution is 5.80. The molecule has 1 aromatic heterocycles. The van der Waals surface area contributed by atoms with Gasteiger partial charge in [-0.15, -0.1) is 0 Å². The third kappa shape index (κ3) is 4.98. The van der Waals surface area contributed by atoms with Crippen molar-refractivity contribution in [2.45, 2.75) is 65.1 Å². The van der Waals surface area contributed by atoms with E-state index in [2.05, 4.69) is 32.7 Å². The molecule has 1 aromatic rings. The van der Waals surface area contributed by atoms with Crippen molar-refractivity contribution in [3.63, 3.8) is 0 Å². The molecule has 0 spiro atoms. The fraction of sp³-hybridized carbons (Fsp3) is 0.800. The third-order valence-electron chi connectivity index (χ3n) is 3.68. The molecule has 0 radical (unpaired) electrons. The Kier molecular flexibility index (Phi) is 6.64. The van der Waals surface area contributed by atoms with Gasteiger partial charge in [0.25, 0.3) is 0 Å². The number of rotatable bonds is 7. The highest BCUT2D eigenvalue weighted by atomic mass is 16.5. The van der Waals surface area contributed by atoms with Crippen LogP contribution in [0.3, 0.4) is 0 Å². The predicted octanol–water partition coefficient (Wildman–Crippen LogP) is 2.16. The van der Waals surface area contributed by atoms with Gasteiger partial charge in [0.2, 0.25) is 5.89 Å². The number of guanidine groups is 1. The van der Waals surface area contributed by atoms with Gasteiger partial charge in [0, 0.05) is 19.2 Å². The van der Waals surface area contributed by atoms with E-state index in [-0.39, 0.29) is 6.10 Å². The van der Waals surface area contributed by atoms with Crippen molar-refractivity contribution < 1.29 is 9.26 Å². The van der Waals surface area contributed by atoms with E-state index in [4.69, 9.17) is 9.26 Å². The van der Waals surface area contributed by atoms with Crippen LogP contribution in [0.15, 0.2) is 9.52 Å². The summed E-state index contributed by atoms with van der Waals surface area (Å²) in [5, 5.41) is 10.7. The fourth-order valence-corrected chi connectivity index (χ4v) is 2.55. The third-order valence-corrected chi connectivity index (χ3v) is 3.68. The molecule has 1 atom stereocenters. The van der Waals surface area contributed by atoms with E-state index in [9.17, 15) is 0 Å².